The summed E-state index contributed by atoms with van der Waals surface area (Å²) < 4.78 is 11.9. The van der Waals surface area contributed by atoms with Gasteiger partial charge in [0.25, 0.3) is 0 Å². The predicted molar refractivity (Wildman–Crippen MR) is 110 cm³/mol. The van der Waals surface area contributed by atoms with E-state index < -0.39 is 0 Å². The summed E-state index contributed by atoms with van der Waals surface area (Å²) in [6.07, 6.45) is 3.75. The van der Waals surface area contributed by atoms with Crippen molar-refractivity contribution in [3.8, 4) is 0 Å². The second kappa shape index (κ2) is 8.76. The smallest absolute Gasteiger partial charge is 0.340 e. The number of rotatable bonds is 6. The van der Waals surface area contributed by atoms with Crippen molar-refractivity contribution in [2.45, 2.75) is 13.8 Å². The summed E-state index contributed by atoms with van der Waals surface area (Å²) >= 11 is 6.35. The topological polar surface area (TPSA) is 57.0 Å². The molecule has 6 heteroatoms. The van der Waals surface area contributed by atoms with E-state index in [0.717, 1.165) is 11.3 Å². The summed E-state index contributed by atoms with van der Waals surface area (Å²) in [4.78, 5) is 24.0. The Morgan fingerprint density at radius 1 is 0.964 bits per heavy atom. The Morgan fingerprint density at radius 2 is 1.64 bits per heavy atom. The minimum atomic E-state index is -0.388. The predicted octanol–water partition coefficient (Wildman–Crippen LogP) is 5.12. The number of benzene rings is 1. The normalized spacial score (nSPS) is 11.1. The summed E-state index contributed by atoms with van der Waals surface area (Å²) in [6.45, 7) is 4.18. The lowest BCUT2D eigenvalue weighted by molar-refractivity contribution is 0.0518. The molecule has 2 aromatic heterocycles. The summed E-state index contributed by atoms with van der Waals surface area (Å²) in [5.74, 6) is -0.734. The molecule has 0 saturated carbocycles. The minimum Gasteiger partial charge on any atom is -0.462 e. The molecule has 3 rings (SSSR count). The number of halogens is 1. The van der Waals surface area contributed by atoms with E-state index in [1.807, 2.05) is 30.4 Å². The number of hydrogen-bond donors (Lipinski definition) is 0. The molecule has 144 valence electrons. The van der Waals surface area contributed by atoms with Crippen LogP contribution in [0.5, 0.6) is 0 Å². The van der Waals surface area contributed by atoms with E-state index >= 15 is 0 Å². The van der Waals surface area contributed by atoms with Crippen LogP contribution in [0.1, 0.15) is 45.8 Å². The van der Waals surface area contributed by atoms with Crippen molar-refractivity contribution in [2.75, 3.05) is 13.2 Å². The first kappa shape index (κ1) is 19.7. The van der Waals surface area contributed by atoms with E-state index in [0.29, 0.717) is 35.0 Å². The van der Waals surface area contributed by atoms with Crippen LogP contribution in [-0.4, -0.2) is 29.6 Å². The highest BCUT2D eigenvalue weighted by Gasteiger charge is 2.16. The molecular weight excluding hydrogens is 378 g/mol. The zero-order chi connectivity index (χ0) is 20.1. The van der Waals surface area contributed by atoms with E-state index in [2.05, 4.69) is 0 Å². The van der Waals surface area contributed by atoms with Crippen LogP contribution in [0.4, 0.5) is 0 Å². The summed E-state index contributed by atoms with van der Waals surface area (Å²) in [5, 5.41) is 0.491. The zero-order valence-electron chi connectivity index (χ0n) is 15.6. The molecule has 0 spiro atoms. The minimum absolute atomic E-state index is 0.300. The van der Waals surface area contributed by atoms with Gasteiger partial charge in [0.15, 0.2) is 0 Å². The lowest BCUT2D eigenvalue weighted by Gasteiger charge is -2.03. The van der Waals surface area contributed by atoms with Crippen LogP contribution in [0.2, 0.25) is 5.15 Å². The number of pyridine rings is 1. The van der Waals surface area contributed by atoms with Gasteiger partial charge in [0.1, 0.15) is 5.15 Å². The maximum Gasteiger partial charge on any atom is 0.340 e. The third-order valence-electron chi connectivity index (χ3n) is 4.13. The Hall–Kier alpha value is -3.05. The van der Waals surface area contributed by atoms with E-state index in [-0.39, 0.29) is 11.9 Å². The van der Waals surface area contributed by atoms with Crippen molar-refractivity contribution in [1.29, 1.82) is 0 Å². The van der Waals surface area contributed by atoms with Gasteiger partial charge in [-0.1, -0.05) is 35.9 Å². The molecule has 0 aliphatic heterocycles. The van der Waals surface area contributed by atoms with Gasteiger partial charge in [-0.25, -0.2) is 9.59 Å². The van der Waals surface area contributed by atoms with Crippen LogP contribution in [0, 0.1) is 0 Å². The molecule has 0 unspecified atom stereocenters. The number of esters is 2. The van der Waals surface area contributed by atoms with E-state index in [4.69, 9.17) is 21.1 Å². The van der Waals surface area contributed by atoms with Crippen LogP contribution >= 0.6 is 11.6 Å². The van der Waals surface area contributed by atoms with Gasteiger partial charge in [0, 0.05) is 5.69 Å². The first-order chi connectivity index (χ1) is 13.5. The number of carbonyl (C=O) groups excluding carboxylic acids is 2. The molecule has 28 heavy (non-hydrogen) atoms. The lowest BCUT2D eigenvalue weighted by Crippen LogP contribution is -2.03. The van der Waals surface area contributed by atoms with Crippen LogP contribution in [0.25, 0.3) is 17.7 Å². The fourth-order valence-electron chi connectivity index (χ4n) is 2.86. The van der Waals surface area contributed by atoms with Gasteiger partial charge < -0.3 is 9.47 Å². The summed E-state index contributed by atoms with van der Waals surface area (Å²) in [6, 6.07) is 14.2. The lowest BCUT2D eigenvalue weighted by atomic mass is 10.1. The van der Waals surface area contributed by atoms with Crippen LogP contribution in [0.15, 0.2) is 48.5 Å². The average Bonchev–Trinajstić information content (AvgIpc) is 3.07. The molecule has 0 N–H and O–H groups in total. The van der Waals surface area contributed by atoms with E-state index in [1.165, 1.54) is 0 Å². The average molecular weight is 398 g/mol. The summed E-state index contributed by atoms with van der Waals surface area (Å²) in [7, 11) is 0. The molecule has 0 atom stereocenters. The van der Waals surface area contributed by atoms with Crippen LogP contribution in [-0.2, 0) is 9.47 Å². The second-order valence-electron chi connectivity index (χ2n) is 5.95. The molecule has 0 aliphatic rings. The third-order valence-corrected chi connectivity index (χ3v) is 4.43. The molecule has 0 aliphatic carbocycles. The standard InChI is InChI=1S/C22H20ClNO4/c1-3-27-21(25)16-11-8-15(9-12-16)10-13-17-14-18(22(26)28-4-2)19-6-5-7-20(23)24(17)19/h5-14H,3-4H2,1-2H3/b13-10+. The molecule has 0 amide bonds. The third kappa shape index (κ3) is 4.10. The second-order valence-corrected chi connectivity index (χ2v) is 6.34. The molecule has 0 bridgehead atoms. The Labute approximate surface area is 168 Å². The molecular formula is C22H20ClNO4. The van der Waals surface area contributed by atoms with Crippen LogP contribution in [0.3, 0.4) is 0 Å². The monoisotopic (exact) mass is 397 g/mol. The van der Waals surface area contributed by atoms with Crippen molar-refractivity contribution in [3.63, 3.8) is 0 Å². The van der Waals surface area contributed by atoms with Gasteiger partial charge in [-0.15, -0.1) is 0 Å². The number of hydrogen-bond acceptors (Lipinski definition) is 4. The Bertz CT molecular complexity index is 1030. The van der Waals surface area contributed by atoms with Gasteiger partial charge in [-0.3, -0.25) is 4.40 Å². The highest BCUT2D eigenvalue weighted by atomic mass is 35.5. The quantitative estimate of drug-likeness (QED) is 0.428. The Morgan fingerprint density at radius 3 is 2.32 bits per heavy atom. The first-order valence-electron chi connectivity index (χ1n) is 8.97. The number of aromatic nitrogens is 1. The van der Waals surface area contributed by atoms with Gasteiger partial charge in [-0.05, 0) is 55.8 Å². The van der Waals surface area contributed by atoms with Crippen molar-refractivity contribution < 1.29 is 19.1 Å². The highest BCUT2D eigenvalue weighted by Crippen LogP contribution is 2.24. The number of fused-ring (bicyclic) bond motifs is 1. The Balaban J connectivity index is 1.93. The summed E-state index contributed by atoms with van der Waals surface area (Å²) in [5.41, 5.74) is 3.29. The number of ether oxygens (including phenoxy) is 2. The van der Waals surface area contributed by atoms with Gasteiger partial charge in [-0.2, -0.15) is 0 Å². The van der Waals surface area contributed by atoms with Crippen molar-refractivity contribution in [1.82, 2.24) is 4.40 Å². The molecule has 0 saturated heterocycles. The number of nitrogens with zero attached hydrogens (tertiary/aromatic N) is 1. The van der Waals surface area contributed by atoms with E-state index in [9.17, 15) is 9.59 Å². The van der Waals surface area contributed by atoms with Crippen molar-refractivity contribution >= 4 is 41.2 Å². The van der Waals surface area contributed by atoms with Crippen molar-refractivity contribution in [2.24, 2.45) is 0 Å². The van der Waals surface area contributed by atoms with Gasteiger partial charge in [0.2, 0.25) is 0 Å². The molecule has 2 heterocycles. The highest BCUT2D eigenvalue weighted by molar-refractivity contribution is 6.30. The zero-order valence-corrected chi connectivity index (χ0v) is 16.4. The fourth-order valence-corrected chi connectivity index (χ4v) is 3.12. The van der Waals surface area contributed by atoms with Gasteiger partial charge >= 0.3 is 11.9 Å². The molecule has 0 fully saturated rings. The molecule has 0 radical (unpaired) electrons. The van der Waals surface area contributed by atoms with Crippen molar-refractivity contribution in [3.05, 3.63) is 76.1 Å². The molecule has 5 nitrogen and oxygen atoms in total. The largest absolute Gasteiger partial charge is 0.462 e. The first-order valence-corrected chi connectivity index (χ1v) is 9.35. The fraction of sp³-hybridized carbons (Fsp3) is 0.182. The van der Waals surface area contributed by atoms with E-state index in [1.54, 1.807) is 48.6 Å². The molecule has 1 aromatic carbocycles. The Kier molecular flexibility index (Phi) is 6.16. The maximum absolute atomic E-state index is 12.3. The number of carbonyl (C=O) groups is 2. The maximum atomic E-state index is 12.3. The SMILES string of the molecule is CCOC(=O)c1ccc(/C=C/c2cc(C(=O)OCC)c3cccc(Cl)n23)cc1. The van der Waals surface area contributed by atoms with Gasteiger partial charge in [0.05, 0.1) is 29.9 Å². The van der Waals surface area contributed by atoms with Crippen LogP contribution < -0.4 is 0 Å². The molecule has 3 aromatic rings.